The molecular formula is C14H23N3O2S. The minimum atomic E-state index is -3.54. The number of rotatable bonds is 4. The van der Waals surface area contributed by atoms with Gasteiger partial charge in [-0.25, -0.2) is 13.4 Å². The van der Waals surface area contributed by atoms with E-state index in [2.05, 4.69) is 17.2 Å². The van der Waals surface area contributed by atoms with Crippen LogP contribution in [-0.4, -0.2) is 36.8 Å². The summed E-state index contributed by atoms with van der Waals surface area (Å²) in [6, 6.07) is 3.55. The highest BCUT2D eigenvalue weighted by molar-refractivity contribution is 7.89. The molecule has 2 unspecified atom stereocenters. The maximum Gasteiger partial charge on any atom is 0.262 e. The number of sulfonamides is 1. The summed E-state index contributed by atoms with van der Waals surface area (Å²) in [7, 11) is -3.54. The lowest BCUT2D eigenvalue weighted by Gasteiger charge is -2.35. The molecule has 2 heterocycles. The molecule has 1 N–H and O–H groups in total. The van der Waals surface area contributed by atoms with E-state index >= 15 is 0 Å². The Hall–Kier alpha value is -1.14. The van der Waals surface area contributed by atoms with Crippen LogP contribution in [0.1, 0.15) is 33.6 Å². The normalized spacial score (nSPS) is 24.6. The van der Waals surface area contributed by atoms with E-state index in [1.54, 1.807) is 16.4 Å². The predicted molar refractivity (Wildman–Crippen MR) is 80.2 cm³/mol. The van der Waals surface area contributed by atoms with Gasteiger partial charge in [0.25, 0.3) is 10.0 Å². The van der Waals surface area contributed by atoms with Crippen LogP contribution in [0.3, 0.4) is 0 Å². The lowest BCUT2D eigenvalue weighted by molar-refractivity contribution is 0.217. The highest BCUT2D eigenvalue weighted by Gasteiger charge is 2.35. The van der Waals surface area contributed by atoms with Crippen molar-refractivity contribution >= 4 is 15.7 Å². The lowest BCUT2D eigenvalue weighted by atomic mass is 9.97. The Balaban J connectivity index is 2.39. The van der Waals surface area contributed by atoms with Crippen LogP contribution in [0.2, 0.25) is 0 Å². The van der Waals surface area contributed by atoms with Gasteiger partial charge in [-0.2, -0.15) is 4.31 Å². The molecule has 5 nitrogen and oxygen atoms in total. The Morgan fingerprint density at radius 1 is 1.40 bits per heavy atom. The van der Waals surface area contributed by atoms with E-state index in [0.717, 1.165) is 12.8 Å². The molecule has 1 saturated heterocycles. The van der Waals surface area contributed by atoms with Crippen molar-refractivity contribution in [1.29, 1.82) is 0 Å². The first-order valence-electron chi connectivity index (χ1n) is 7.17. The predicted octanol–water partition coefficient (Wildman–Crippen LogP) is 2.32. The molecule has 2 atom stereocenters. The lowest BCUT2D eigenvalue weighted by Crippen LogP contribution is -2.45. The number of aromatic nitrogens is 1. The molecule has 0 radical (unpaired) electrons. The van der Waals surface area contributed by atoms with Gasteiger partial charge in [-0.15, -0.1) is 0 Å². The number of nitrogens with one attached hydrogen (secondary N) is 1. The van der Waals surface area contributed by atoms with Crippen LogP contribution in [-0.2, 0) is 10.0 Å². The maximum absolute atomic E-state index is 12.9. The summed E-state index contributed by atoms with van der Waals surface area (Å²) >= 11 is 0. The number of piperidine rings is 1. The fourth-order valence-corrected chi connectivity index (χ4v) is 4.48. The van der Waals surface area contributed by atoms with Crippen molar-refractivity contribution in [3.63, 3.8) is 0 Å². The van der Waals surface area contributed by atoms with Crippen molar-refractivity contribution in [3.8, 4) is 0 Å². The first-order chi connectivity index (χ1) is 9.46. The van der Waals surface area contributed by atoms with E-state index in [0.29, 0.717) is 24.7 Å². The Bertz CT molecular complexity index is 559. The summed E-state index contributed by atoms with van der Waals surface area (Å²) in [5.74, 6) is 0.396. The summed E-state index contributed by atoms with van der Waals surface area (Å²) < 4.78 is 27.3. The zero-order valence-electron chi connectivity index (χ0n) is 12.3. The Labute approximate surface area is 121 Å². The molecule has 6 heteroatoms. The smallest absolute Gasteiger partial charge is 0.262 e. The fourth-order valence-electron chi connectivity index (χ4n) is 2.62. The standard InChI is InChI=1S/C14H23N3O2S/c1-4-15-13-6-5-9-16-14(13)20(18,19)17-10-11(2)7-8-12(17)3/h5-6,9,11-12,15H,4,7-8,10H2,1-3H3. The molecule has 0 spiro atoms. The molecule has 0 aliphatic carbocycles. The van der Waals surface area contributed by atoms with Gasteiger partial charge in [0.05, 0.1) is 5.69 Å². The van der Waals surface area contributed by atoms with Crippen molar-refractivity contribution < 1.29 is 8.42 Å². The molecule has 2 rings (SSSR count). The maximum atomic E-state index is 12.9. The van der Waals surface area contributed by atoms with Crippen LogP contribution in [0.5, 0.6) is 0 Å². The number of anilines is 1. The fraction of sp³-hybridized carbons (Fsp3) is 0.643. The van der Waals surface area contributed by atoms with Gasteiger partial charge in [-0.1, -0.05) is 6.92 Å². The third-order valence-corrected chi connectivity index (χ3v) is 5.69. The van der Waals surface area contributed by atoms with Crippen molar-refractivity contribution in [1.82, 2.24) is 9.29 Å². The summed E-state index contributed by atoms with van der Waals surface area (Å²) in [5, 5.41) is 3.22. The summed E-state index contributed by atoms with van der Waals surface area (Å²) in [6.07, 6.45) is 3.52. The van der Waals surface area contributed by atoms with Crippen molar-refractivity contribution in [2.24, 2.45) is 5.92 Å². The number of pyridine rings is 1. The third kappa shape index (κ3) is 2.96. The van der Waals surface area contributed by atoms with Crippen molar-refractivity contribution in [2.45, 2.75) is 44.7 Å². The SMILES string of the molecule is CCNc1cccnc1S(=O)(=O)N1CC(C)CCC1C. The van der Waals surface area contributed by atoms with Crippen LogP contribution in [0.15, 0.2) is 23.4 Å². The second kappa shape index (κ2) is 6.10. The van der Waals surface area contributed by atoms with Gasteiger partial charge in [0.1, 0.15) is 0 Å². The average molecular weight is 297 g/mol. The second-order valence-electron chi connectivity index (χ2n) is 5.49. The Morgan fingerprint density at radius 3 is 2.85 bits per heavy atom. The monoisotopic (exact) mass is 297 g/mol. The third-order valence-electron chi connectivity index (χ3n) is 3.75. The molecule has 0 aromatic carbocycles. The van der Waals surface area contributed by atoms with E-state index in [-0.39, 0.29) is 11.1 Å². The second-order valence-corrected chi connectivity index (χ2v) is 7.30. The Morgan fingerprint density at radius 2 is 2.15 bits per heavy atom. The summed E-state index contributed by atoms with van der Waals surface area (Å²) in [4.78, 5) is 4.11. The molecule has 20 heavy (non-hydrogen) atoms. The number of hydrogen-bond acceptors (Lipinski definition) is 4. The van der Waals surface area contributed by atoms with Crippen LogP contribution in [0, 0.1) is 5.92 Å². The largest absolute Gasteiger partial charge is 0.383 e. The topological polar surface area (TPSA) is 62.3 Å². The highest BCUT2D eigenvalue weighted by atomic mass is 32.2. The minimum absolute atomic E-state index is 0.0349. The molecule has 0 bridgehead atoms. The first kappa shape index (κ1) is 15.3. The van der Waals surface area contributed by atoms with E-state index in [4.69, 9.17) is 0 Å². The average Bonchev–Trinajstić information content (AvgIpc) is 2.42. The van der Waals surface area contributed by atoms with Crippen LogP contribution in [0.4, 0.5) is 5.69 Å². The van der Waals surface area contributed by atoms with Crippen LogP contribution in [0.25, 0.3) is 0 Å². The highest BCUT2D eigenvalue weighted by Crippen LogP contribution is 2.29. The van der Waals surface area contributed by atoms with Gasteiger partial charge in [0, 0.05) is 25.3 Å². The molecule has 1 aliphatic rings. The quantitative estimate of drug-likeness (QED) is 0.926. The molecule has 0 saturated carbocycles. The molecule has 1 aliphatic heterocycles. The van der Waals surface area contributed by atoms with E-state index in [1.807, 2.05) is 13.8 Å². The minimum Gasteiger partial charge on any atom is -0.383 e. The molecule has 1 fully saturated rings. The molecule has 1 aromatic rings. The van der Waals surface area contributed by atoms with Crippen molar-refractivity contribution in [3.05, 3.63) is 18.3 Å². The van der Waals surface area contributed by atoms with Gasteiger partial charge in [0.15, 0.2) is 5.03 Å². The van der Waals surface area contributed by atoms with E-state index in [9.17, 15) is 8.42 Å². The van der Waals surface area contributed by atoms with E-state index < -0.39 is 10.0 Å². The first-order valence-corrected chi connectivity index (χ1v) is 8.61. The number of hydrogen-bond donors (Lipinski definition) is 1. The van der Waals surface area contributed by atoms with Gasteiger partial charge < -0.3 is 5.32 Å². The summed E-state index contributed by atoms with van der Waals surface area (Å²) in [6.45, 7) is 7.25. The van der Waals surface area contributed by atoms with Crippen LogP contribution < -0.4 is 5.32 Å². The zero-order valence-corrected chi connectivity index (χ0v) is 13.2. The van der Waals surface area contributed by atoms with Gasteiger partial charge >= 0.3 is 0 Å². The summed E-state index contributed by atoms with van der Waals surface area (Å²) in [5.41, 5.74) is 0.584. The van der Waals surface area contributed by atoms with Crippen molar-refractivity contribution in [2.75, 3.05) is 18.4 Å². The molecule has 112 valence electrons. The van der Waals surface area contributed by atoms with Gasteiger partial charge in [-0.05, 0) is 44.7 Å². The molecule has 1 aromatic heterocycles. The van der Waals surface area contributed by atoms with E-state index in [1.165, 1.54) is 6.20 Å². The Kier molecular flexibility index (Phi) is 4.65. The zero-order chi connectivity index (χ0) is 14.8. The van der Waals surface area contributed by atoms with Gasteiger partial charge in [-0.3, -0.25) is 0 Å². The van der Waals surface area contributed by atoms with Gasteiger partial charge in [0.2, 0.25) is 0 Å². The molecule has 0 amide bonds. The number of nitrogens with zero attached hydrogens (tertiary/aromatic N) is 2. The molecular weight excluding hydrogens is 274 g/mol. The van der Waals surface area contributed by atoms with Crippen LogP contribution >= 0.6 is 0 Å².